The van der Waals surface area contributed by atoms with Gasteiger partial charge in [0.2, 0.25) is 5.91 Å². The summed E-state index contributed by atoms with van der Waals surface area (Å²) in [6.07, 6.45) is 1.54. The van der Waals surface area contributed by atoms with Crippen molar-refractivity contribution in [2.75, 3.05) is 29.9 Å². The van der Waals surface area contributed by atoms with E-state index < -0.39 is 0 Å². The van der Waals surface area contributed by atoms with Gasteiger partial charge >= 0.3 is 5.97 Å². The van der Waals surface area contributed by atoms with Crippen LogP contribution in [0.25, 0.3) is 10.2 Å². The quantitative estimate of drug-likeness (QED) is 0.627. The highest BCUT2D eigenvalue weighted by Gasteiger charge is 2.37. The summed E-state index contributed by atoms with van der Waals surface area (Å²) >= 11 is 3.12. The Kier molecular flexibility index (Phi) is 4.71. The van der Waals surface area contributed by atoms with Gasteiger partial charge in [-0.25, -0.2) is 9.97 Å². The van der Waals surface area contributed by atoms with Crippen molar-refractivity contribution in [1.29, 1.82) is 0 Å². The van der Waals surface area contributed by atoms with Crippen molar-refractivity contribution in [2.45, 2.75) is 25.7 Å². The Balaban J connectivity index is 1.20. The van der Waals surface area contributed by atoms with Crippen LogP contribution >= 0.6 is 22.7 Å². The number of thiazole rings is 2. The Hall–Kier alpha value is -2.52. The van der Waals surface area contributed by atoms with Crippen LogP contribution in [0.2, 0.25) is 0 Å². The first kappa shape index (κ1) is 18.5. The predicted octanol–water partition coefficient (Wildman–Crippen LogP) is 3.42. The van der Waals surface area contributed by atoms with E-state index in [0.29, 0.717) is 24.8 Å². The van der Waals surface area contributed by atoms with Crippen LogP contribution in [0.15, 0.2) is 24.3 Å². The van der Waals surface area contributed by atoms with Crippen LogP contribution in [-0.4, -0.2) is 41.5 Å². The van der Waals surface area contributed by atoms with E-state index in [2.05, 4.69) is 26.3 Å². The zero-order valence-corrected chi connectivity index (χ0v) is 17.5. The smallest absolute Gasteiger partial charge is 0.315 e. The summed E-state index contributed by atoms with van der Waals surface area (Å²) < 4.78 is 6.30. The Morgan fingerprint density at radius 1 is 1.24 bits per heavy atom. The maximum absolute atomic E-state index is 12.6. The minimum atomic E-state index is -0.301. The topological polar surface area (TPSA) is 84.4 Å². The molecule has 1 aromatic carbocycles. The summed E-state index contributed by atoms with van der Waals surface area (Å²) in [6.45, 7) is 3.48. The van der Waals surface area contributed by atoms with Crippen molar-refractivity contribution in [3.63, 3.8) is 0 Å². The van der Waals surface area contributed by atoms with Gasteiger partial charge in [0.15, 0.2) is 10.3 Å². The number of anilines is 2. The fourth-order valence-electron chi connectivity index (χ4n) is 3.76. The number of nitrogens with zero attached hydrogens (tertiary/aromatic N) is 3. The van der Waals surface area contributed by atoms with Gasteiger partial charge in [-0.3, -0.25) is 9.59 Å². The molecular weight excluding hydrogens is 408 g/mol. The molecule has 2 aliphatic rings. The molecule has 1 atom stereocenters. The third-order valence-electron chi connectivity index (χ3n) is 5.32. The van der Waals surface area contributed by atoms with Crippen molar-refractivity contribution in [3.05, 3.63) is 34.8 Å². The molecule has 2 aromatic heterocycles. The van der Waals surface area contributed by atoms with Crippen LogP contribution in [0.3, 0.4) is 0 Å². The second-order valence-corrected chi connectivity index (χ2v) is 9.32. The van der Waals surface area contributed by atoms with Gasteiger partial charge in [-0.2, -0.15) is 0 Å². The van der Waals surface area contributed by atoms with Crippen molar-refractivity contribution >= 4 is 55.0 Å². The SMILES string of the molecule is CCOC(=O)[C@H]1CCc2sc(NC(=O)C3CN(c4nc5ccccc5s4)C3)nc21. The number of esters is 1. The van der Waals surface area contributed by atoms with E-state index >= 15 is 0 Å². The summed E-state index contributed by atoms with van der Waals surface area (Å²) in [5.41, 5.74) is 1.77. The molecule has 1 saturated heterocycles. The molecule has 3 heterocycles. The molecule has 1 N–H and O–H groups in total. The predicted molar refractivity (Wildman–Crippen MR) is 114 cm³/mol. The average molecular weight is 429 g/mol. The highest BCUT2D eigenvalue weighted by Crippen LogP contribution is 2.39. The number of fused-ring (bicyclic) bond motifs is 2. The molecule has 5 rings (SSSR count). The maximum Gasteiger partial charge on any atom is 0.315 e. The number of amides is 1. The van der Waals surface area contributed by atoms with Crippen molar-refractivity contribution in [2.24, 2.45) is 5.92 Å². The van der Waals surface area contributed by atoms with E-state index in [9.17, 15) is 9.59 Å². The normalized spacial score (nSPS) is 18.5. The standard InChI is InChI=1S/C20H20N4O3S2/c1-2-27-18(26)12-7-8-15-16(12)22-19(28-15)23-17(25)11-9-24(10-11)20-21-13-5-3-4-6-14(13)29-20/h3-6,11-12H,2,7-10H2,1H3,(H,22,23,25)/t12-/m0/s1. The molecule has 0 saturated carbocycles. The largest absolute Gasteiger partial charge is 0.465 e. The van der Waals surface area contributed by atoms with Crippen molar-refractivity contribution < 1.29 is 14.3 Å². The molecule has 0 spiro atoms. The van der Waals surface area contributed by atoms with E-state index in [1.165, 1.54) is 11.3 Å². The van der Waals surface area contributed by atoms with Gasteiger partial charge in [0.05, 0.1) is 28.4 Å². The highest BCUT2D eigenvalue weighted by atomic mass is 32.1. The average Bonchev–Trinajstić information content (AvgIpc) is 3.33. The summed E-state index contributed by atoms with van der Waals surface area (Å²) in [7, 11) is 0. The molecule has 1 aliphatic carbocycles. The number of hydrogen-bond donors (Lipinski definition) is 1. The summed E-state index contributed by atoms with van der Waals surface area (Å²) in [6, 6.07) is 8.06. The minimum Gasteiger partial charge on any atom is -0.465 e. The number of aryl methyl sites for hydroxylation is 1. The fourth-order valence-corrected chi connectivity index (χ4v) is 5.78. The highest BCUT2D eigenvalue weighted by molar-refractivity contribution is 7.22. The van der Waals surface area contributed by atoms with Gasteiger partial charge in [-0.15, -0.1) is 11.3 Å². The van der Waals surface area contributed by atoms with Crippen LogP contribution in [0.4, 0.5) is 10.3 Å². The Morgan fingerprint density at radius 3 is 2.86 bits per heavy atom. The van der Waals surface area contributed by atoms with E-state index in [-0.39, 0.29) is 23.7 Å². The van der Waals surface area contributed by atoms with Crippen LogP contribution < -0.4 is 10.2 Å². The lowest BCUT2D eigenvalue weighted by molar-refractivity contribution is -0.145. The van der Waals surface area contributed by atoms with E-state index in [1.54, 1.807) is 18.3 Å². The van der Waals surface area contributed by atoms with Crippen LogP contribution in [0.5, 0.6) is 0 Å². The lowest BCUT2D eigenvalue weighted by Gasteiger charge is -2.37. The molecule has 3 aromatic rings. The fraction of sp³-hybridized carbons (Fsp3) is 0.400. The van der Waals surface area contributed by atoms with Gasteiger partial charge in [0, 0.05) is 18.0 Å². The molecule has 9 heteroatoms. The van der Waals surface area contributed by atoms with Crippen LogP contribution in [0, 0.1) is 5.92 Å². The van der Waals surface area contributed by atoms with Gasteiger partial charge in [-0.05, 0) is 31.9 Å². The number of carbonyl (C=O) groups excluding carboxylic acids is 2. The van der Waals surface area contributed by atoms with E-state index in [0.717, 1.165) is 38.8 Å². The summed E-state index contributed by atoms with van der Waals surface area (Å²) in [5, 5.41) is 4.47. The molecule has 1 aliphatic heterocycles. The zero-order valence-electron chi connectivity index (χ0n) is 15.9. The molecule has 150 valence electrons. The molecule has 0 bridgehead atoms. The lowest BCUT2D eigenvalue weighted by atomic mass is 10.0. The van der Waals surface area contributed by atoms with Crippen molar-refractivity contribution in [3.8, 4) is 0 Å². The molecule has 29 heavy (non-hydrogen) atoms. The number of para-hydroxylation sites is 1. The van der Waals surface area contributed by atoms with E-state index in [4.69, 9.17) is 4.74 Å². The second-order valence-electron chi connectivity index (χ2n) is 7.23. The lowest BCUT2D eigenvalue weighted by Crippen LogP contribution is -2.52. The second kappa shape index (κ2) is 7.38. The zero-order chi connectivity index (χ0) is 20.0. The number of hydrogen-bond acceptors (Lipinski definition) is 8. The Bertz CT molecular complexity index is 1050. The van der Waals surface area contributed by atoms with Crippen LogP contribution in [-0.2, 0) is 20.7 Å². The Labute approximate surface area is 175 Å². The third-order valence-corrected chi connectivity index (χ3v) is 7.47. The number of carbonyl (C=O) groups is 2. The first-order chi connectivity index (χ1) is 14.1. The molecule has 0 radical (unpaired) electrons. The minimum absolute atomic E-state index is 0.0255. The molecular formula is C20H20N4O3S2. The Morgan fingerprint density at radius 2 is 2.07 bits per heavy atom. The number of benzene rings is 1. The van der Waals surface area contributed by atoms with Gasteiger partial charge in [0.25, 0.3) is 0 Å². The molecule has 0 unspecified atom stereocenters. The molecule has 1 fully saturated rings. The summed E-state index contributed by atoms with van der Waals surface area (Å²) in [4.78, 5) is 37.1. The number of nitrogens with one attached hydrogen (secondary N) is 1. The van der Waals surface area contributed by atoms with Gasteiger partial charge in [0.1, 0.15) is 5.92 Å². The number of rotatable bonds is 5. The third kappa shape index (κ3) is 3.38. The monoisotopic (exact) mass is 428 g/mol. The molecule has 1 amide bonds. The van der Waals surface area contributed by atoms with Crippen LogP contribution in [0.1, 0.15) is 29.8 Å². The number of aromatic nitrogens is 2. The summed E-state index contributed by atoms with van der Waals surface area (Å²) in [5.74, 6) is -0.631. The molecule has 7 nitrogen and oxygen atoms in total. The first-order valence-electron chi connectivity index (χ1n) is 9.70. The van der Waals surface area contributed by atoms with Gasteiger partial charge in [-0.1, -0.05) is 23.5 Å². The van der Waals surface area contributed by atoms with Crippen molar-refractivity contribution in [1.82, 2.24) is 9.97 Å². The maximum atomic E-state index is 12.6. The first-order valence-corrected chi connectivity index (χ1v) is 11.3. The number of ether oxygens (including phenoxy) is 1. The van der Waals surface area contributed by atoms with E-state index in [1.807, 2.05) is 18.2 Å². The van der Waals surface area contributed by atoms with Gasteiger partial charge < -0.3 is 15.0 Å².